The molecule has 0 bridgehead atoms. The maximum absolute atomic E-state index is 3.44. The second-order valence-electron chi connectivity index (χ2n) is 5.84. The first-order chi connectivity index (χ1) is 8.66. The molecule has 1 N–H and O–H groups in total. The Balaban J connectivity index is 2.15. The van der Waals surface area contributed by atoms with Crippen LogP contribution in [0.1, 0.15) is 37.4 Å². The molecule has 2 nitrogen and oxygen atoms in total. The minimum absolute atomic E-state index is 0.590. The van der Waals surface area contributed by atoms with Gasteiger partial charge in [-0.2, -0.15) is 0 Å². The third-order valence-electron chi connectivity index (χ3n) is 3.75. The normalized spacial score (nSPS) is 19.1. The standard InChI is InChI=1S/C16H26N2/c1-13(2)12-16(18-10-8-17-9-11-18)15-6-4-14(3)5-7-15/h4-7,13,16-17H,8-12H2,1-3H3/t16-/m1/s1. The summed E-state index contributed by atoms with van der Waals surface area (Å²) in [6.45, 7) is 11.4. The Kier molecular flexibility index (Phi) is 4.79. The van der Waals surface area contributed by atoms with Gasteiger partial charge in [-0.3, -0.25) is 4.90 Å². The molecule has 0 saturated carbocycles. The van der Waals surface area contributed by atoms with Gasteiger partial charge in [-0.25, -0.2) is 0 Å². The zero-order valence-corrected chi connectivity index (χ0v) is 11.9. The quantitative estimate of drug-likeness (QED) is 0.878. The van der Waals surface area contributed by atoms with Crippen LogP contribution in [0.3, 0.4) is 0 Å². The van der Waals surface area contributed by atoms with Crippen molar-refractivity contribution in [1.29, 1.82) is 0 Å². The van der Waals surface area contributed by atoms with Crippen LogP contribution >= 0.6 is 0 Å². The van der Waals surface area contributed by atoms with Gasteiger partial charge in [0.2, 0.25) is 0 Å². The van der Waals surface area contributed by atoms with Crippen molar-refractivity contribution in [3.63, 3.8) is 0 Å². The first kappa shape index (κ1) is 13.6. The molecule has 0 radical (unpaired) electrons. The highest BCUT2D eigenvalue weighted by Gasteiger charge is 2.22. The highest BCUT2D eigenvalue weighted by atomic mass is 15.2. The Labute approximate surface area is 111 Å². The molecular weight excluding hydrogens is 220 g/mol. The average molecular weight is 246 g/mol. The number of nitrogens with one attached hydrogen (secondary N) is 1. The van der Waals surface area contributed by atoms with Crippen LogP contribution in [0.4, 0.5) is 0 Å². The Bertz CT molecular complexity index is 350. The summed E-state index contributed by atoms with van der Waals surface area (Å²) in [6.07, 6.45) is 1.25. The molecule has 1 heterocycles. The number of aryl methyl sites for hydroxylation is 1. The second-order valence-corrected chi connectivity index (χ2v) is 5.84. The summed E-state index contributed by atoms with van der Waals surface area (Å²) in [5.41, 5.74) is 2.83. The van der Waals surface area contributed by atoms with Gasteiger partial charge in [0.25, 0.3) is 0 Å². The van der Waals surface area contributed by atoms with E-state index < -0.39 is 0 Å². The van der Waals surface area contributed by atoms with E-state index in [1.54, 1.807) is 0 Å². The zero-order valence-electron chi connectivity index (χ0n) is 11.9. The van der Waals surface area contributed by atoms with Crippen molar-refractivity contribution >= 4 is 0 Å². The van der Waals surface area contributed by atoms with Gasteiger partial charge < -0.3 is 5.32 Å². The van der Waals surface area contributed by atoms with E-state index in [0.29, 0.717) is 6.04 Å². The van der Waals surface area contributed by atoms with Crippen molar-refractivity contribution in [1.82, 2.24) is 10.2 Å². The molecular formula is C16H26N2. The predicted molar refractivity (Wildman–Crippen MR) is 77.8 cm³/mol. The molecule has 1 aromatic rings. The summed E-state index contributed by atoms with van der Waals surface area (Å²) in [6, 6.07) is 9.69. The van der Waals surface area contributed by atoms with Gasteiger partial charge in [-0.15, -0.1) is 0 Å². The largest absolute Gasteiger partial charge is 0.314 e. The number of rotatable bonds is 4. The monoisotopic (exact) mass is 246 g/mol. The lowest BCUT2D eigenvalue weighted by molar-refractivity contribution is 0.154. The van der Waals surface area contributed by atoms with E-state index in [0.717, 1.165) is 19.0 Å². The number of hydrogen-bond donors (Lipinski definition) is 1. The predicted octanol–water partition coefficient (Wildman–Crippen LogP) is 2.99. The van der Waals surface area contributed by atoms with Crippen LogP contribution in [0, 0.1) is 12.8 Å². The van der Waals surface area contributed by atoms with Crippen LogP contribution in [-0.4, -0.2) is 31.1 Å². The topological polar surface area (TPSA) is 15.3 Å². The summed E-state index contributed by atoms with van der Waals surface area (Å²) in [5, 5.41) is 3.44. The van der Waals surface area contributed by atoms with E-state index in [1.165, 1.54) is 30.6 Å². The summed E-state index contributed by atoms with van der Waals surface area (Å²) in [4.78, 5) is 2.64. The number of nitrogens with zero attached hydrogens (tertiary/aromatic N) is 1. The van der Waals surface area contributed by atoms with E-state index >= 15 is 0 Å². The SMILES string of the molecule is Cc1ccc([C@@H](CC(C)C)N2CCNCC2)cc1. The molecule has 18 heavy (non-hydrogen) atoms. The fraction of sp³-hybridized carbons (Fsp3) is 0.625. The second kappa shape index (κ2) is 6.35. The van der Waals surface area contributed by atoms with Gasteiger partial charge in [0.15, 0.2) is 0 Å². The average Bonchev–Trinajstić information content (AvgIpc) is 2.38. The summed E-state index contributed by atoms with van der Waals surface area (Å²) < 4.78 is 0. The molecule has 100 valence electrons. The van der Waals surface area contributed by atoms with Gasteiger partial charge in [0, 0.05) is 32.2 Å². The first-order valence-electron chi connectivity index (χ1n) is 7.18. The Morgan fingerprint density at radius 1 is 1.11 bits per heavy atom. The fourth-order valence-corrected chi connectivity index (χ4v) is 2.72. The molecule has 1 aromatic carbocycles. The smallest absolute Gasteiger partial charge is 0.0351 e. The minimum atomic E-state index is 0.590. The van der Waals surface area contributed by atoms with Gasteiger partial charge in [0.05, 0.1) is 0 Å². The molecule has 0 unspecified atom stereocenters. The van der Waals surface area contributed by atoms with Gasteiger partial charge in [-0.05, 0) is 24.8 Å². The molecule has 1 saturated heterocycles. The Hall–Kier alpha value is -0.860. The van der Waals surface area contributed by atoms with E-state index in [-0.39, 0.29) is 0 Å². The highest BCUT2D eigenvalue weighted by Crippen LogP contribution is 2.28. The van der Waals surface area contributed by atoms with Crippen LogP contribution in [-0.2, 0) is 0 Å². The van der Waals surface area contributed by atoms with Crippen molar-refractivity contribution in [2.45, 2.75) is 33.2 Å². The minimum Gasteiger partial charge on any atom is -0.314 e. The van der Waals surface area contributed by atoms with E-state index in [2.05, 4.69) is 55.3 Å². The fourth-order valence-electron chi connectivity index (χ4n) is 2.72. The zero-order chi connectivity index (χ0) is 13.0. The molecule has 2 heteroatoms. The lowest BCUT2D eigenvalue weighted by Crippen LogP contribution is -2.45. The first-order valence-corrected chi connectivity index (χ1v) is 7.18. The van der Waals surface area contributed by atoms with Crippen molar-refractivity contribution in [3.05, 3.63) is 35.4 Å². The molecule has 1 fully saturated rings. The van der Waals surface area contributed by atoms with E-state index in [9.17, 15) is 0 Å². The third kappa shape index (κ3) is 3.56. The highest BCUT2D eigenvalue weighted by molar-refractivity contribution is 5.24. The van der Waals surface area contributed by atoms with Gasteiger partial charge in [-0.1, -0.05) is 43.7 Å². The summed E-state index contributed by atoms with van der Waals surface area (Å²) in [5.74, 6) is 0.742. The van der Waals surface area contributed by atoms with E-state index in [4.69, 9.17) is 0 Å². The van der Waals surface area contributed by atoms with E-state index in [1.807, 2.05) is 0 Å². The maximum Gasteiger partial charge on any atom is 0.0351 e. The van der Waals surface area contributed by atoms with Crippen LogP contribution in [0.2, 0.25) is 0 Å². The maximum atomic E-state index is 3.44. The molecule has 1 atom stereocenters. The Morgan fingerprint density at radius 2 is 1.72 bits per heavy atom. The molecule has 1 aliphatic heterocycles. The number of benzene rings is 1. The van der Waals surface area contributed by atoms with Crippen LogP contribution < -0.4 is 5.32 Å². The lowest BCUT2D eigenvalue weighted by Gasteiger charge is -2.36. The molecule has 0 aromatic heterocycles. The molecule has 0 aliphatic carbocycles. The van der Waals surface area contributed by atoms with Crippen LogP contribution in [0.5, 0.6) is 0 Å². The summed E-state index contributed by atoms with van der Waals surface area (Å²) >= 11 is 0. The number of piperazine rings is 1. The van der Waals surface area contributed by atoms with Crippen LogP contribution in [0.15, 0.2) is 24.3 Å². The third-order valence-corrected chi connectivity index (χ3v) is 3.75. The van der Waals surface area contributed by atoms with Gasteiger partial charge in [0.1, 0.15) is 0 Å². The molecule has 2 rings (SSSR count). The number of hydrogen-bond acceptors (Lipinski definition) is 2. The summed E-state index contributed by atoms with van der Waals surface area (Å²) in [7, 11) is 0. The molecule has 0 spiro atoms. The Morgan fingerprint density at radius 3 is 2.28 bits per heavy atom. The van der Waals surface area contributed by atoms with Crippen molar-refractivity contribution < 1.29 is 0 Å². The van der Waals surface area contributed by atoms with Crippen molar-refractivity contribution in [2.24, 2.45) is 5.92 Å². The molecule has 1 aliphatic rings. The molecule has 0 amide bonds. The van der Waals surface area contributed by atoms with Crippen molar-refractivity contribution in [2.75, 3.05) is 26.2 Å². The van der Waals surface area contributed by atoms with Gasteiger partial charge >= 0.3 is 0 Å². The lowest BCUT2D eigenvalue weighted by atomic mass is 9.94. The van der Waals surface area contributed by atoms with Crippen molar-refractivity contribution in [3.8, 4) is 0 Å². The van der Waals surface area contributed by atoms with Crippen LogP contribution in [0.25, 0.3) is 0 Å².